The molecule has 2 aliphatic rings. The SMILES string of the molecule is c1cncc(CN2CCC([C@H]3CCN(Cc4ccco4)C3)CC2)c1. The third-order valence-corrected chi connectivity index (χ3v) is 5.70. The molecule has 2 fully saturated rings. The van der Waals surface area contributed by atoms with Gasteiger partial charge in [0.05, 0.1) is 12.8 Å². The van der Waals surface area contributed by atoms with Gasteiger partial charge < -0.3 is 4.42 Å². The van der Waals surface area contributed by atoms with Gasteiger partial charge in [0.25, 0.3) is 0 Å². The summed E-state index contributed by atoms with van der Waals surface area (Å²) < 4.78 is 5.49. The van der Waals surface area contributed by atoms with E-state index < -0.39 is 0 Å². The first kappa shape index (κ1) is 15.9. The van der Waals surface area contributed by atoms with Crippen LogP contribution >= 0.6 is 0 Å². The smallest absolute Gasteiger partial charge is 0.117 e. The molecule has 1 atom stereocenters. The minimum atomic E-state index is 0.875. The van der Waals surface area contributed by atoms with E-state index in [4.69, 9.17) is 4.42 Å². The van der Waals surface area contributed by atoms with Crippen molar-refractivity contribution in [1.82, 2.24) is 14.8 Å². The first-order valence-corrected chi connectivity index (χ1v) is 9.23. The number of nitrogens with zero attached hydrogens (tertiary/aromatic N) is 3. The molecular weight excluding hydrogens is 298 g/mol. The quantitative estimate of drug-likeness (QED) is 0.843. The van der Waals surface area contributed by atoms with Gasteiger partial charge in [0, 0.05) is 25.5 Å². The average Bonchev–Trinajstić information content (AvgIpc) is 3.29. The molecule has 2 aliphatic heterocycles. The first-order chi connectivity index (χ1) is 11.9. The fourth-order valence-corrected chi connectivity index (χ4v) is 4.35. The number of pyridine rings is 1. The van der Waals surface area contributed by atoms with Gasteiger partial charge in [-0.25, -0.2) is 0 Å². The molecule has 128 valence electrons. The molecule has 24 heavy (non-hydrogen) atoms. The van der Waals surface area contributed by atoms with Crippen LogP contribution in [0.4, 0.5) is 0 Å². The van der Waals surface area contributed by atoms with Crippen LogP contribution in [0.3, 0.4) is 0 Å². The molecule has 4 heterocycles. The Morgan fingerprint density at radius 2 is 1.79 bits per heavy atom. The molecule has 0 N–H and O–H groups in total. The molecule has 0 unspecified atom stereocenters. The average molecular weight is 325 g/mol. The van der Waals surface area contributed by atoms with Crippen LogP contribution in [0.5, 0.6) is 0 Å². The van der Waals surface area contributed by atoms with E-state index in [1.807, 2.05) is 24.5 Å². The van der Waals surface area contributed by atoms with E-state index in [9.17, 15) is 0 Å². The van der Waals surface area contributed by atoms with E-state index >= 15 is 0 Å². The van der Waals surface area contributed by atoms with Crippen molar-refractivity contribution in [3.8, 4) is 0 Å². The summed E-state index contributed by atoms with van der Waals surface area (Å²) in [7, 11) is 0. The predicted molar refractivity (Wildman–Crippen MR) is 94.3 cm³/mol. The van der Waals surface area contributed by atoms with Crippen molar-refractivity contribution >= 4 is 0 Å². The summed E-state index contributed by atoms with van der Waals surface area (Å²) in [5, 5.41) is 0. The van der Waals surface area contributed by atoms with Crippen molar-refractivity contribution in [3.05, 3.63) is 54.2 Å². The maximum Gasteiger partial charge on any atom is 0.117 e. The summed E-state index contributed by atoms with van der Waals surface area (Å²) in [5.41, 5.74) is 1.33. The van der Waals surface area contributed by atoms with Gasteiger partial charge in [-0.3, -0.25) is 14.8 Å². The number of furan rings is 1. The molecule has 0 amide bonds. The highest BCUT2D eigenvalue weighted by Gasteiger charge is 2.32. The van der Waals surface area contributed by atoms with Gasteiger partial charge in [-0.15, -0.1) is 0 Å². The zero-order valence-corrected chi connectivity index (χ0v) is 14.3. The maximum atomic E-state index is 5.49. The van der Waals surface area contributed by atoms with Gasteiger partial charge in [-0.05, 0) is 74.5 Å². The lowest BCUT2D eigenvalue weighted by molar-refractivity contribution is 0.140. The van der Waals surface area contributed by atoms with Gasteiger partial charge in [0.1, 0.15) is 5.76 Å². The van der Waals surface area contributed by atoms with Crippen molar-refractivity contribution < 1.29 is 4.42 Å². The number of hydrogen-bond acceptors (Lipinski definition) is 4. The first-order valence-electron chi connectivity index (χ1n) is 9.23. The van der Waals surface area contributed by atoms with E-state index in [-0.39, 0.29) is 0 Å². The van der Waals surface area contributed by atoms with Crippen molar-refractivity contribution in [2.45, 2.75) is 32.4 Å². The molecular formula is C20H27N3O. The van der Waals surface area contributed by atoms with E-state index in [1.54, 1.807) is 6.26 Å². The topological polar surface area (TPSA) is 32.5 Å². The molecule has 0 spiro atoms. The zero-order valence-electron chi connectivity index (χ0n) is 14.3. The van der Waals surface area contributed by atoms with Crippen LogP contribution in [0, 0.1) is 11.8 Å². The Morgan fingerprint density at radius 1 is 0.958 bits per heavy atom. The second-order valence-corrected chi connectivity index (χ2v) is 7.34. The lowest BCUT2D eigenvalue weighted by atomic mass is 9.83. The predicted octanol–water partition coefficient (Wildman–Crippen LogP) is 3.41. The lowest BCUT2D eigenvalue weighted by Crippen LogP contribution is -2.36. The molecule has 4 heteroatoms. The second kappa shape index (κ2) is 7.49. The third kappa shape index (κ3) is 3.87. The summed E-state index contributed by atoms with van der Waals surface area (Å²) in [4.78, 5) is 9.37. The normalized spacial score (nSPS) is 23.8. The van der Waals surface area contributed by atoms with Crippen LogP contribution in [0.15, 0.2) is 47.3 Å². The summed E-state index contributed by atoms with van der Waals surface area (Å²) in [5.74, 6) is 2.87. The van der Waals surface area contributed by atoms with Crippen LogP contribution in [0.2, 0.25) is 0 Å². The zero-order chi connectivity index (χ0) is 16.2. The number of piperidine rings is 1. The van der Waals surface area contributed by atoms with Crippen LogP contribution in [-0.4, -0.2) is 41.0 Å². The fourth-order valence-electron chi connectivity index (χ4n) is 4.35. The van der Waals surface area contributed by atoms with E-state index in [2.05, 4.69) is 26.9 Å². The van der Waals surface area contributed by atoms with Crippen molar-refractivity contribution in [1.29, 1.82) is 0 Å². The van der Waals surface area contributed by atoms with Gasteiger partial charge >= 0.3 is 0 Å². The number of hydrogen-bond donors (Lipinski definition) is 0. The van der Waals surface area contributed by atoms with E-state index in [0.717, 1.165) is 30.7 Å². The molecule has 2 aromatic rings. The Hall–Kier alpha value is -1.65. The Bertz CT molecular complexity index is 605. The third-order valence-electron chi connectivity index (χ3n) is 5.70. The van der Waals surface area contributed by atoms with Crippen molar-refractivity contribution in [2.75, 3.05) is 26.2 Å². The largest absolute Gasteiger partial charge is 0.468 e. The number of aromatic nitrogens is 1. The molecule has 0 aromatic carbocycles. The van der Waals surface area contributed by atoms with Crippen LogP contribution < -0.4 is 0 Å². The summed E-state index contributed by atoms with van der Waals surface area (Å²) in [6.07, 6.45) is 9.67. The van der Waals surface area contributed by atoms with Gasteiger partial charge in [-0.2, -0.15) is 0 Å². The fraction of sp³-hybridized carbons (Fsp3) is 0.550. The van der Waals surface area contributed by atoms with Crippen molar-refractivity contribution in [2.24, 2.45) is 11.8 Å². The van der Waals surface area contributed by atoms with Crippen LogP contribution in [-0.2, 0) is 13.1 Å². The molecule has 0 bridgehead atoms. The number of likely N-dealkylation sites (tertiary alicyclic amines) is 2. The monoisotopic (exact) mass is 325 g/mol. The Balaban J connectivity index is 1.23. The highest BCUT2D eigenvalue weighted by Crippen LogP contribution is 2.32. The van der Waals surface area contributed by atoms with Crippen LogP contribution in [0.1, 0.15) is 30.6 Å². The summed E-state index contributed by atoms with van der Waals surface area (Å²) in [6, 6.07) is 8.29. The lowest BCUT2D eigenvalue weighted by Gasteiger charge is -2.34. The summed E-state index contributed by atoms with van der Waals surface area (Å²) >= 11 is 0. The van der Waals surface area contributed by atoms with Gasteiger partial charge in [0.15, 0.2) is 0 Å². The molecule has 0 radical (unpaired) electrons. The van der Waals surface area contributed by atoms with E-state index in [0.29, 0.717) is 0 Å². The Morgan fingerprint density at radius 3 is 2.54 bits per heavy atom. The highest BCUT2D eigenvalue weighted by atomic mass is 16.3. The molecule has 4 rings (SSSR count). The van der Waals surface area contributed by atoms with Crippen LogP contribution in [0.25, 0.3) is 0 Å². The minimum absolute atomic E-state index is 0.875. The second-order valence-electron chi connectivity index (χ2n) is 7.34. The summed E-state index contributed by atoms with van der Waals surface area (Å²) in [6.45, 7) is 6.96. The Kier molecular flexibility index (Phi) is 4.95. The Labute approximate surface area is 144 Å². The van der Waals surface area contributed by atoms with Crippen molar-refractivity contribution in [3.63, 3.8) is 0 Å². The highest BCUT2D eigenvalue weighted by molar-refractivity contribution is 5.08. The van der Waals surface area contributed by atoms with Gasteiger partial charge in [-0.1, -0.05) is 6.07 Å². The molecule has 2 aromatic heterocycles. The molecule has 2 saturated heterocycles. The standard InChI is InChI=1S/C20H27N3O/c1-3-17(13-21-8-1)14-22-9-5-18(6-10-22)19-7-11-23(15-19)16-20-4-2-12-24-20/h1-4,8,12-13,18-19H,5-7,9-11,14-16H2/t19-/m0/s1. The van der Waals surface area contributed by atoms with E-state index in [1.165, 1.54) is 51.0 Å². The maximum absolute atomic E-state index is 5.49. The van der Waals surface area contributed by atoms with Gasteiger partial charge in [0.2, 0.25) is 0 Å². The molecule has 0 aliphatic carbocycles. The number of rotatable bonds is 5. The molecule has 4 nitrogen and oxygen atoms in total. The minimum Gasteiger partial charge on any atom is -0.468 e. The molecule has 0 saturated carbocycles.